The molecule has 0 amide bonds. The Morgan fingerprint density at radius 3 is 2.65 bits per heavy atom. The summed E-state index contributed by atoms with van der Waals surface area (Å²) in [7, 11) is -3.62. The molecule has 0 unspecified atom stereocenters. The fourth-order valence-electron chi connectivity index (χ4n) is 2.20. The van der Waals surface area contributed by atoms with Gasteiger partial charge in [0.2, 0.25) is 0 Å². The van der Waals surface area contributed by atoms with Crippen LogP contribution in [0, 0.1) is 5.82 Å². The standard InChI is InChI=1S/C16H20FN3O2S/c1-2-19-23(21,22)20(13-14-6-5-10-18-12-14)11-9-15-7-3-4-8-16(15)17/h3-8,10,12,19H,2,9,11,13H2,1H3. The molecule has 7 heteroatoms. The lowest BCUT2D eigenvalue weighted by Crippen LogP contribution is -2.41. The topological polar surface area (TPSA) is 62.3 Å². The van der Waals surface area contributed by atoms with E-state index in [9.17, 15) is 12.8 Å². The first-order chi connectivity index (χ1) is 11.0. The summed E-state index contributed by atoms with van der Waals surface area (Å²) < 4.78 is 42.2. The van der Waals surface area contributed by atoms with E-state index in [0.717, 1.165) is 5.56 Å². The molecule has 0 fully saturated rings. The van der Waals surface area contributed by atoms with Crippen molar-refractivity contribution in [2.45, 2.75) is 19.9 Å². The third kappa shape index (κ3) is 5.09. The van der Waals surface area contributed by atoms with Crippen molar-refractivity contribution in [1.29, 1.82) is 0 Å². The van der Waals surface area contributed by atoms with E-state index < -0.39 is 10.2 Å². The quantitative estimate of drug-likeness (QED) is 0.802. The molecule has 2 aromatic rings. The van der Waals surface area contributed by atoms with Crippen LogP contribution in [0.5, 0.6) is 0 Å². The molecule has 1 N–H and O–H groups in total. The number of halogens is 1. The zero-order chi connectivity index (χ0) is 16.7. The van der Waals surface area contributed by atoms with Gasteiger partial charge in [-0.05, 0) is 29.7 Å². The Labute approximate surface area is 136 Å². The van der Waals surface area contributed by atoms with Crippen molar-refractivity contribution in [2.75, 3.05) is 13.1 Å². The van der Waals surface area contributed by atoms with Gasteiger partial charge < -0.3 is 0 Å². The highest BCUT2D eigenvalue weighted by atomic mass is 32.2. The summed E-state index contributed by atoms with van der Waals surface area (Å²) in [4.78, 5) is 4.00. The van der Waals surface area contributed by atoms with Gasteiger partial charge in [0.15, 0.2) is 0 Å². The van der Waals surface area contributed by atoms with Crippen molar-refractivity contribution in [3.8, 4) is 0 Å². The van der Waals surface area contributed by atoms with Gasteiger partial charge in [0.1, 0.15) is 5.82 Å². The molecular weight excluding hydrogens is 317 g/mol. The maximum Gasteiger partial charge on any atom is 0.279 e. The number of nitrogens with zero attached hydrogens (tertiary/aromatic N) is 2. The molecule has 1 aromatic carbocycles. The lowest BCUT2D eigenvalue weighted by Gasteiger charge is -2.22. The van der Waals surface area contributed by atoms with Crippen LogP contribution in [0.4, 0.5) is 4.39 Å². The number of aromatic nitrogens is 1. The minimum atomic E-state index is -3.62. The molecule has 1 aromatic heterocycles. The van der Waals surface area contributed by atoms with Gasteiger partial charge in [-0.25, -0.2) is 9.11 Å². The predicted molar refractivity (Wildman–Crippen MR) is 87.3 cm³/mol. The summed E-state index contributed by atoms with van der Waals surface area (Å²) in [6.07, 6.45) is 3.56. The summed E-state index contributed by atoms with van der Waals surface area (Å²) in [5.74, 6) is -0.324. The molecule has 23 heavy (non-hydrogen) atoms. The predicted octanol–water partition coefficient (Wildman–Crippen LogP) is 2.12. The molecular formula is C16H20FN3O2S. The minimum absolute atomic E-state index is 0.186. The largest absolute Gasteiger partial charge is 0.279 e. The van der Waals surface area contributed by atoms with Gasteiger partial charge >= 0.3 is 0 Å². The molecule has 5 nitrogen and oxygen atoms in total. The first-order valence-electron chi connectivity index (χ1n) is 7.40. The minimum Gasteiger partial charge on any atom is -0.264 e. The van der Waals surface area contributed by atoms with Crippen LogP contribution in [0.3, 0.4) is 0 Å². The van der Waals surface area contributed by atoms with Crippen molar-refractivity contribution >= 4 is 10.2 Å². The van der Waals surface area contributed by atoms with E-state index in [1.54, 1.807) is 43.6 Å². The Bertz CT molecular complexity index is 723. The van der Waals surface area contributed by atoms with E-state index in [1.165, 1.54) is 10.4 Å². The Balaban J connectivity index is 2.15. The van der Waals surface area contributed by atoms with Crippen LogP contribution in [-0.2, 0) is 23.2 Å². The molecule has 0 aliphatic carbocycles. The van der Waals surface area contributed by atoms with Crippen LogP contribution < -0.4 is 4.72 Å². The Hall–Kier alpha value is -1.83. The van der Waals surface area contributed by atoms with Crippen LogP contribution in [0.15, 0.2) is 48.8 Å². The molecule has 0 atom stereocenters. The molecule has 0 saturated carbocycles. The van der Waals surface area contributed by atoms with Crippen LogP contribution in [0.2, 0.25) is 0 Å². The van der Waals surface area contributed by atoms with E-state index in [2.05, 4.69) is 9.71 Å². The van der Waals surface area contributed by atoms with E-state index in [0.29, 0.717) is 18.5 Å². The van der Waals surface area contributed by atoms with Gasteiger partial charge in [0, 0.05) is 32.0 Å². The van der Waals surface area contributed by atoms with Gasteiger partial charge in [0.05, 0.1) is 0 Å². The Kier molecular flexibility index (Phi) is 6.20. The molecule has 124 valence electrons. The zero-order valence-electron chi connectivity index (χ0n) is 12.9. The summed E-state index contributed by atoms with van der Waals surface area (Å²) in [6.45, 7) is 2.39. The van der Waals surface area contributed by atoms with Gasteiger partial charge in [-0.3, -0.25) is 4.98 Å². The van der Waals surface area contributed by atoms with Crippen molar-refractivity contribution in [3.05, 3.63) is 65.7 Å². The molecule has 0 aliphatic heterocycles. The number of hydrogen-bond donors (Lipinski definition) is 1. The zero-order valence-corrected chi connectivity index (χ0v) is 13.8. The maximum atomic E-state index is 13.7. The monoisotopic (exact) mass is 337 g/mol. The highest BCUT2D eigenvalue weighted by molar-refractivity contribution is 7.87. The average molecular weight is 337 g/mol. The third-order valence-electron chi connectivity index (χ3n) is 3.34. The van der Waals surface area contributed by atoms with Gasteiger partial charge in [-0.2, -0.15) is 12.7 Å². The normalized spacial score (nSPS) is 11.8. The van der Waals surface area contributed by atoms with Crippen LogP contribution in [-0.4, -0.2) is 30.8 Å². The fourth-order valence-corrected chi connectivity index (χ4v) is 3.40. The van der Waals surface area contributed by atoms with E-state index >= 15 is 0 Å². The molecule has 0 saturated heterocycles. The fraction of sp³-hybridized carbons (Fsp3) is 0.312. The highest BCUT2D eigenvalue weighted by Crippen LogP contribution is 2.12. The van der Waals surface area contributed by atoms with E-state index in [1.807, 2.05) is 6.07 Å². The molecule has 1 heterocycles. The third-order valence-corrected chi connectivity index (χ3v) is 4.98. The first kappa shape index (κ1) is 17.5. The lowest BCUT2D eigenvalue weighted by molar-refractivity contribution is 0.399. The number of nitrogens with one attached hydrogen (secondary N) is 1. The van der Waals surface area contributed by atoms with Gasteiger partial charge in [-0.1, -0.05) is 31.2 Å². The Morgan fingerprint density at radius 1 is 1.22 bits per heavy atom. The summed E-state index contributed by atoms with van der Waals surface area (Å²) in [5.41, 5.74) is 1.28. The molecule has 2 rings (SSSR count). The van der Waals surface area contributed by atoms with Crippen LogP contribution >= 0.6 is 0 Å². The molecule has 0 bridgehead atoms. The maximum absolute atomic E-state index is 13.7. The summed E-state index contributed by atoms with van der Waals surface area (Å²) >= 11 is 0. The summed E-state index contributed by atoms with van der Waals surface area (Å²) in [5, 5.41) is 0. The average Bonchev–Trinajstić information content (AvgIpc) is 2.53. The van der Waals surface area contributed by atoms with Gasteiger partial charge in [0.25, 0.3) is 10.2 Å². The van der Waals surface area contributed by atoms with Crippen molar-refractivity contribution in [3.63, 3.8) is 0 Å². The highest BCUT2D eigenvalue weighted by Gasteiger charge is 2.21. The van der Waals surface area contributed by atoms with Crippen molar-refractivity contribution < 1.29 is 12.8 Å². The van der Waals surface area contributed by atoms with E-state index in [-0.39, 0.29) is 18.9 Å². The SMILES string of the molecule is CCNS(=O)(=O)N(CCc1ccccc1F)Cc1cccnc1. The Morgan fingerprint density at radius 2 is 2.00 bits per heavy atom. The molecule has 0 radical (unpaired) electrons. The van der Waals surface area contributed by atoms with Gasteiger partial charge in [-0.15, -0.1) is 0 Å². The second-order valence-electron chi connectivity index (χ2n) is 5.04. The van der Waals surface area contributed by atoms with Crippen molar-refractivity contribution in [2.24, 2.45) is 0 Å². The number of hydrogen-bond acceptors (Lipinski definition) is 3. The number of pyridine rings is 1. The molecule has 0 aliphatic rings. The summed E-state index contributed by atoms with van der Waals surface area (Å²) in [6, 6.07) is 9.95. The van der Waals surface area contributed by atoms with Crippen LogP contribution in [0.1, 0.15) is 18.1 Å². The second-order valence-corrected chi connectivity index (χ2v) is 6.79. The van der Waals surface area contributed by atoms with Crippen LogP contribution in [0.25, 0.3) is 0 Å². The van der Waals surface area contributed by atoms with E-state index in [4.69, 9.17) is 0 Å². The first-order valence-corrected chi connectivity index (χ1v) is 8.84. The number of rotatable bonds is 8. The lowest BCUT2D eigenvalue weighted by atomic mass is 10.1. The molecule has 0 spiro atoms. The number of benzene rings is 1. The van der Waals surface area contributed by atoms with Crippen molar-refractivity contribution in [1.82, 2.24) is 14.0 Å². The smallest absolute Gasteiger partial charge is 0.264 e. The second kappa shape index (κ2) is 8.14.